The molecule has 0 bridgehead atoms. The zero-order valence-electron chi connectivity index (χ0n) is 12.3. The Bertz CT molecular complexity index is 558. The van der Waals surface area contributed by atoms with Crippen molar-refractivity contribution in [1.82, 2.24) is 4.98 Å². The Hall–Kier alpha value is -1.24. The van der Waals surface area contributed by atoms with Crippen LogP contribution in [0.1, 0.15) is 55.2 Å². The number of nitrogens with one attached hydrogen (secondary N) is 1. The van der Waals surface area contributed by atoms with Gasteiger partial charge in [0.15, 0.2) is 0 Å². The van der Waals surface area contributed by atoms with E-state index < -0.39 is 0 Å². The van der Waals surface area contributed by atoms with Crippen LogP contribution in [-0.2, 0) is 6.42 Å². The molecular weight excluding hydrogens is 230 g/mol. The van der Waals surface area contributed by atoms with Gasteiger partial charge in [-0.2, -0.15) is 0 Å². The van der Waals surface area contributed by atoms with Crippen LogP contribution in [-0.4, -0.2) is 4.98 Å². The normalized spacial score (nSPS) is 17.2. The van der Waals surface area contributed by atoms with E-state index in [0.717, 1.165) is 5.92 Å². The Balaban J connectivity index is 1.77. The summed E-state index contributed by atoms with van der Waals surface area (Å²) in [5.41, 5.74) is 5.61. The van der Waals surface area contributed by atoms with Crippen LogP contribution in [0, 0.1) is 19.8 Å². The summed E-state index contributed by atoms with van der Waals surface area (Å²) >= 11 is 0. The van der Waals surface area contributed by atoms with E-state index in [0.29, 0.717) is 0 Å². The van der Waals surface area contributed by atoms with Gasteiger partial charge < -0.3 is 4.98 Å². The van der Waals surface area contributed by atoms with E-state index in [2.05, 4.69) is 37.2 Å². The molecule has 0 aliphatic heterocycles. The summed E-state index contributed by atoms with van der Waals surface area (Å²) in [4.78, 5) is 3.47. The van der Waals surface area contributed by atoms with Gasteiger partial charge in [-0.1, -0.05) is 43.7 Å². The van der Waals surface area contributed by atoms with Gasteiger partial charge in [0.05, 0.1) is 0 Å². The number of benzene rings is 1. The lowest BCUT2D eigenvalue weighted by atomic mass is 9.85. The molecule has 1 heteroatoms. The van der Waals surface area contributed by atoms with E-state index in [4.69, 9.17) is 0 Å². The van der Waals surface area contributed by atoms with Gasteiger partial charge in [-0.05, 0) is 49.8 Å². The smallest absolute Gasteiger partial charge is 0.0486 e. The molecule has 1 fully saturated rings. The van der Waals surface area contributed by atoms with Crippen LogP contribution in [0.4, 0.5) is 0 Å². The van der Waals surface area contributed by atoms with Crippen LogP contribution >= 0.6 is 0 Å². The van der Waals surface area contributed by atoms with Crippen LogP contribution in [0.3, 0.4) is 0 Å². The van der Waals surface area contributed by atoms with E-state index in [-0.39, 0.29) is 0 Å². The highest BCUT2D eigenvalue weighted by Crippen LogP contribution is 2.30. The van der Waals surface area contributed by atoms with Gasteiger partial charge >= 0.3 is 0 Å². The van der Waals surface area contributed by atoms with Crippen molar-refractivity contribution >= 4 is 10.9 Å². The first-order chi connectivity index (χ1) is 9.24. The number of H-pyrrole nitrogens is 1. The Morgan fingerprint density at radius 2 is 1.89 bits per heavy atom. The lowest BCUT2D eigenvalue weighted by molar-refractivity contribution is 0.339. The zero-order chi connectivity index (χ0) is 13.2. The largest absolute Gasteiger partial charge is 0.361 e. The first kappa shape index (κ1) is 12.8. The standard InChI is InChI=1S/C18H25N/c1-13-10-14(2)18-17(11-13)16(12-19-18)9-8-15-6-4-3-5-7-15/h10-12,15,19H,3-9H2,1-2H3. The molecule has 0 radical (unpaired) electrons. The van der Waals surface area contributed by atoms with Crippen molar-refractivity contribution in [3.8, 4) is 0 Å². The molecule has 0 saturated heterocycles. The van der Waals surface area contributed by atoms with E-state index in [9.17, 15) is 0 Å². The quantitative estimate of drug-likeness (QED) is 0.766. The fourth-order valence-electron chi connectivity index (χ4n) is 3.69. The second-order valence-corrected chi connectivity index (χ2v) is 6.36. The van der Waals surface area contributed by atoms with Gasteiger partial charge in [-0.3, -0.25) is 0 Å². The first-order valence-electron chi connectivity index (χ1n) is 7.81. The SMILES string of the molecule is Cc1cc(C)c2[nH]cc(CCC3CCCCC3)c2c1. The van der Waals surface area contributed by atoms with Gasteiger partial charge in [0.1, 0.15) is 0 Å². The second-order valence-electron chi connectivity index (χ2n) is 6.36. The highest BCUT2D eigenvalue weighted by molar-refractivity contribution is 5.86. The third-order valence-electron chi connectivity index (χ3n) is 4.76. The molecule has 0 spiro atoms. The van der Waals surface area contributed by atoms with Crippen molar-refractivity contribution in [2.24, 2.45) is 5.92 Å². The van der Waals surface area contributed by atoms with Gasteiger partial charge in [0.25, 0.3) is 0 Å². The molecule has 3 rings (SSSR count). The third-order valence-corrected chi connectivity index (χ3v) is 4.76. The number of aryl methyl sites for hydroxylation is 3. The Labute approximate surface area is 116 Å². The average molecular weight is 255 g/mol. The fraction of sp³-hybridized carbons (Fsp3) is 0.556. The summed E-state index contributed by atoms with van der Waals surface area (Å²) in [5.74, 6) is 0.976. The van der Waals surface area contributed by atoms with Gasteiger partial charge in [0.2, 0.25) is 0 Å². The van der Waals surface area contributed by atoms with Crippen LogP contribution in [0.25, 0.3) is 10.9 Å². The van der Waals surface area contributed by atoms with Crippen molar-refractivity contribution < 1.29 is 0 Å². The second kappa shape index (κ2) is 5.40. The number of aromatic amines is 1. The summed E-state index contributed by atoms with van der Waals surface area (Å²) in [5, 5.41) is 1.45. The molecule has 1 aromatic heterocycles. The molecule has 102 valence electrons. The topological polar surface area (TPSA) is 15.8 Å². The summed E-state index contributed by atoms with van der Waals surface area (Å²) in [6.07, 6.45) is 12.1. The summed E-state index contributed by atoms with van der Waals surface area (Å²) in [6, 6.07) is 4.61. The van der Waals surface area contributed by atoms with Gasteiger partial charge in [-0.15, -0.1) is 0 Å². The van der Waals surface area contributed by atoms with Gasteiger partial charge in [-0.25, -0.2) is 0 Å². The Morgan fingerprint density at radius 3 is 2.68 bits per heavy atom. The fourth-order valence-corrected chi connectivity index (χ4v) is 3.69. The van der Waals surface area contributed by atoms with Crippen molar-refractivity contribution in [2.75, 3.05) is 0 Å². The molecule has 0 unspecified atom stereocenters. The van der Waals surface area contributed by atoms with Crippen molar-refractivity contribution in [2.45, 2.75) is 58.8 Å². The monoisotopic (exact) mass is 255 g/mol. The molecule has 2 aromatic rings. The Morgan fingerprint density at radius 1 is 1.11 bits per heavy atom. The number of rotatable bonds is 3. The molecule has 1 nitrogen and oxygen atoms in total. The first-order valence-corrected chi connectivity index (χ1v) is 7.81. The zero-order valence-corrected chi connectivity index (χ0v) is 12.3. The number of hydrogen-bond donors (Lipinski definition) is 1. The molecular formula is C18H25N. The molecule has 1 aromatic carbocycles. The lowest BCUT2D eigenvalue weighted by Gasteiger charge is -2.21. The highest BCUT2D eigenvalue weighted by atomic mass is 14.7. The summed E-state index contributed by atoms with van der Waals surface area (Å²) < 4.78 is 0. The highest BCUT2D eigenvalue weighted by Gasteiger charge is 2.14. The van der Waals surface area contributed by atoms with Crippen molar-refractivity contribution in [3.05, 3.63) is 35.0 Å². The average Bonchev–Trinajstić information content (AvgIpc) is 2.81. The van der Waals surface area contributed by atoms with Gasteiger partial charge in [0, 0.05) is 17.1 Å². The minimum atomic E-state index is 0.976. The minimum absolute atomic E-state index is 0.976. The van der Waals surface area contributed by atoms with E-state index >= 15 is 0 Å². The van der Waals surface area contributed by atoms with Crippen LogP contribution in [0.2, 0.25) is 0 Å². The predicted octanol–water partition coefficient (Wildman–Crippen LogP) is 5.30. The molecule has 1 N–H and O–H groups in total. The molecule has 1 aliphatic rings. The van der Waals surface area contributed by atoms with Crippen LogP contribution < -0.4 is 0 Å². The van der Waals surface area contributed by atoms with Crippen molar-refractivity contribution in [3.63, 3.8) is 0 Å². The van der Waals surface area contributed by atoms with E-state index in [1.165, 1.54) is 72.5 Å². The Kier molecular flexibility index (Phi) is 3.63. The van der Waals surface area contributed by atoms with Crippen molar-refractivity contribution in [1.29, 1.82) is 0 Å². The minimum Gasteiger partial charge on any atom is -0.361 e. The predicted molar refractivity (Wildman–Crippen MR) is 82.7 cm³/mol. The third kappa shape index (κ3) is 2.70. The summed E-state index contributed by atoms with van der Waals surface area (Å²) in [6.45, 7) is 4.40. The number of aromatic nitrogens is 1. The molecule has 1 heterocycles. The maximum Gasteiger partial charge on any atom is 0.0486 e. The lowest BCUT2D eigenvalue weighted by Crippen LogP contribution is -2.07. The molecule has 1 aliphatic carbocycles. The molecule has 1 saturated carbocycles. The molecule has 0 atom stereocenters. The number of hydrogen-bond acceptors (Lipinski definition) is 0. The van der Waals surface area contributed by atoms with Crippen LogP contribution in [0.5, 0.6) is 0 Å². The molecule has 0 amide bonds. The van der Waals surface area contributed by atoms with E-state index in [1.54, 1.807) is 0 Å². The maximum atomic E-state index is 3.47. The van der Waals surface area contributed by atoms with Crippen LogP contribution in [0.15, 0.2) is 18.3 Å². The summed E-state index contributed by atoms with van der Waals surface area (Å²) in [7, 11) is 0. The maximum absolute atomic E-state index is 3.47. The molecule has 19 heavy (non-hydrogen) atoms. The number of fused-ring (bicyclic) bond motifs is 1. The van der Waals surface area contributed by atoms with E-state index in [1.807, 2.05) is 0 Å².